The molecule has 0 atom stereocenters. The van der Waals surface area contributed by atoms with Crippen LogP contribution in [0.1, 0.15) is 22.3 Å². The molecule has 0 saturated carbocycles. The molecule has 0 bridgehead atoms. The highest BCUT2D eigenvalue weighted by Gasteiger charge is 2.21. The van der Waals surface area contributed by atoms with Crippen LogP contribution in [0, 0.1) is 6.92 Å². The molecule has 7 heteroatoms. The zero-order chi connectivity index (χ0) is 16.1. The van der Waals surface area contributed by atoms with E-state index in [-0.39, 0.29) is 5.56 Å². The molecule has 0 aliphatic carbocycles. The van der Waals surface area contributed by atoms with Crippen LogP contribution in [0.2, 0.25) is 0 Å². The predicted molar refractivity (Wildman–Crippen MR) is 92.9 cm³/mol. The van der Waals surface area contributed by atoms with E-state index >= 15 is 0 Å². The van der Waals surface area contributed by atoms with Crippen molar-refractivity contribution in [2.45, 2.75) is 13.8 Å². The molecule has 5 nitrogen and oxygen atoms in total. The van der Waals surface area contributed by atoms with Crippen LogP contribution in [0.3, 0.4) is 0 Å². The van der Waals surface area contributed by atoms with E-state index in [1.165, 1.54) is 27.1 Å². The summed E-state index contributed by atoms with van der Waals surface area (Å²) in [6.07, 6.45) is 0. The maximum absolute atomic E-state index is 13.0. The molecule has 0 unspecified atom stereocenters. The molecule has 0 spiro atoms. The van der Waals surface area contributed by atoms with E-state index in [4.69, 9.17) is 4.74 Å². The molecule has 4 aromatic rings. The monoisotopic (exact) mass is 344 g/mol. The highest BCUT2D eigenvalue weighted by Crippen LogP contribution is 2.32. The van der Waals surface area contributed by atoms with Crippen molar-refractivity contribution in [3.05, 3.63) is 45.2 Å². The van der Waals surface area contributed by atoms with Crippen LogP contribution in [-0.2, 0) is 4.74 Å². The molecule has 116 valence electrons. The molecule has 3 aromatic heterocycles. The predicted octanol–water partition coefficient (Wildman–Crippen LogP) is 3.61. The number of fused-ring (bicyclic) bond motifs is 4. The van der Waals surface area contributed by atoms with Gasteiger partial charge in [0.25, 0.3) is 5.56 Å². The highest BCUT2D eigenvalue weighted by atomic mass is 32.1. The summed E-state index contributed by atoms with van der Waals surface area (Å²) in [7, 11) is 0. The number of rotatable bonds is 2. The van der Waals surface area contributed by atoms with Crippen molar-refractivity contribution in [3.63, 3.8) is 0 Å². The number of thiazole rings is 1. The summed E-state index contributed by atoms with van der Waals surface area (Å²) >= 11 is 2.69. The van der Waals surface area contributed by atoms with Gasteiger partial charge >= 0.3 is 5.97 Å². The van der Waals surface area contributed by atoms with Crippen LogP contribution in [0.15, 0.2) is 29.1 Å². The van der Waals surface area contributed by atoms with E-state index in [9.17, 15) is 9.59 Å². The normalized spacial score (nSPS) is 11.6. The minimum atomic E-state index is -0.409. The molecule has 0 radical (unpaired) electrons. The molecular formula is C16H12N2O3S2. The summed E-state index contributed by atoms with van der Waals surface area (Å²) in [6.45, 7) is 3.81. The zero-order valence-corrected chi connectivity index (χ0v) is 14.1. The van der Waals surface area contributed by atoms with Gasteiger partial charge < -0.3 is 4.74 Å². The van der Waals surface area contributed by atoms with Crippen LogP contribution < -0.4 is 5.56 Å². The molecular weight excluding hydrogens is 332 g/mol. The van der Waals surface area contributed by atoms with E-state index in [1.54, 1.807) is 13.8 Å². The summed E-state index contributed by atoms with van der Waals surface area (Å²) in [5, 5.41) is 1.52. The smallest absolute Gasteiger partial charge is 0.350 e. The summed E-state index contributed by atoms with van der Waals surface area (Å²) in [4.78, 5) is 31.2. The first-order valence-electron chi connectivity index (χ1n) is 7.12. The molecule has 0 aliphatic rings. The molecule has 4 rings (SSSR count). The molecule has 0 aliphatic heterocycles. The molecule has 23 heavy (non-hydrogen) atoms. The number of aryl methyl sites for hydroxylation is 1. The van der Waals surface area contributed by atoms with Gasteiger partial charge in [0.15, 0.2) is 4.96 Å². The number of nitrogens with zero attached hydrogens (tertiary/aromatic N) is 2. The molecule has 0 N–H and O–H groups in total. The van der Waals surface area contributed by atoms with E-state index < -0.39 is 5.97 Å². The fourth-order valence-electron chi connectivity index (χ4n) is 2.67. The molecule has 0 saturated heterocycles. The lowest BCUT2D eigenvalue weighted by molar-refractivity contribution is 0.0531. The fraction of sp³-hybridized carbons (Fsp3) is 0.188. The van der Waals surface area contributed by atoms with Gasteiger partial charge in [0.1, 0.15) is 9.71 Å². The lowest BCUT2D eigenvalue weighted by atomic mass is 10.2. The lowest BCUT2D eigenvalue weighted by Crippen LogP contribution is -2.15. The number of hydrogen-bond acceptors (Lipinski definition) is 6. The van der Waals surface area contributed by atoms with Crippen molar-refractivity contribution >= 4 is 53.9 Å². The van der Waals surface area contributed by atoms with Crippen molar-refractivity contribution in [1.29, 1.82) is 0 Å². The highest BCUT2D eigenvalue weighted by molar-refractivity contribution is 7.25. The molecule has 0 fully saturated rings. The number of esters is 1. The summed E-state index contributed by atoms with van der Waals surface area (Å²) in [5.41, 5.74) is 0.449. The second-order valence-corrected chi connectivity index (χ2v) is 7.06. The van der Waals surface area contributed by atoms with Gasteiger partial charge in [-0.1, -0.05) is 29.5 Å². The second kappa shape index (κ2) is 5.14. The third kappa shape index (κ3) is 2.00. The Morgan fingerprint density at radius 3 is 2.87 bits per heavy atom. The number of benzene rings is 1. The third-order valence-corrected chi connectivity index (χ3v) is 5.89. The number of hydrogen-bond donors (Lipinski definition) is 0. The number of carbonyl (C=O) groups is 1. The summed E-state index contributed by atoms with van der Waals surface area (Å²) < 4.78 is 7.61. The molecule has 0 amide bonds. The van der Waals surface area contributed by atoms with Crippen molar-refractivity contribution < 1.29 is 9.53 Å². The Hall–Kier alpha value is -2.25. The SMILES string of the molecule is CCOC(=O)c1sc2nc3sc4ccccc4c3c(=O)n2c1C. The van der Waals surface area contributed by atoms with Gasteiger partial charge in [-0.25, -0.2) is 9.78 Å². The van der Waals surface area contributed by atoms with Gasteiger partial charge in [0.05, 0.1) is 17.7 Å². The Bertz CT molecular complexity index is 1140. The third-order valence-electron chi connectivity index (χ3n) is 3.70. The first kappa shape index (κ1) is 14.3. The van der Waals surface area contributed by atoms with E-state index in [2.05, 4.69) is 4.98 Å². The van der Waals surface area contributed by atoms with Gasteiger partial charge in [-0.05, 0) is 19.9 Å². The fourth-order valence-corrected chi connectivity index (χ4v) is 4.81. The molecule has 3 heterocycles. The Morgan fingerprint density at radius 2 is 2.09 bits per heavy atom. The minimum Gasteiger partial charge on any atom is -0.462 e. The Kier molecular flexibility index (Phi) is 3.21. The number of thiophene rings is 1. The number of aromatic nitrogens is 2. The van der Waals surface area contributed by atoms with Gasteiger partial charge in [-0.2, -0.15) is 0 Å². The Morgan fingerprint density at radius 1 is 1.30 bits per heavy atom. The van der Waals surface area contributed by atoms with Gasteiger partial charge in [-0.3, -0.25) is 9.20 Å². The van der Waals surface area contributed by atoms with Crippen LogP contribution in [-0.4, -0.2) is 22.0 Å². The van der Waals surface area contributed by atoms with Crippen LogP contribution in [0.25, 0.3) is 25.3 Å². The maximum Gasteiger partial charge on any atom is 0.350 e. The quantitative estimate of drug-likeness (QED) is 0.521. The van der Waals surface area contributed by atoms with Crippen LogP contribution in [0.4, 0.5) is 0 Å². The Labute approximate surface area is 138 Å². The van der Waals surface area contributed by atoms with Crippen molar-refractivity contribution in [2.24, 2.45) is 0 Å². The van der Waals surface area contributed by atoms with E-state index in [1.807, 2.05) is 24.3 Å². The number of carbonyl (C=O) groups excluding carboxylic acids is 1. The van der Waals surface area contributed by atoms with Crippen molar-refractivity contribution in [2.75, 3.05) is 6.61 Å². The average molecular weight is 344 g/mol. The van der Waals surface area contributed by atoms with E-state index in [0.29, 0.717) is 32.4 Å². The van der Waals surface area contributed by atoms with Crippen molar-refractivity contribution in [1.82, 2.24) is 9.38 Å². The first-order valence-corrected chi connectivity index (χ1v) is 8.75. The number of ether oxygens (including phenoxy) is 1. The summed E-state index contributed by atoms with van der Waals surface area (Å²) in [6, 6.07) is 7.77. The minimum absolute atomic E-state index is 0.133. The second-order valence-electron chi connectivity index (χ2n) is 5.05. The van der Waals surface area contributed by atoms with Gasteiger partial charge in [0, 0.05) is 10.1 Å². The van der Waals surface area contributed by atoms with E-state index in [0.717, 1.165) is 10.1 Å². The Balaban J connectivity index is 2.12. The van der Waals surface area contributed by atoms with Crippen molar-refractivity contribution in [3.8, 4) is 0 Å². The average Bonchev–Trinajstić information content (AvgIpc) is 3.06. The van der Waals surface area contributed by atoms with Gasteiger partial charge in [0.2, 0.25) is 0 Å². The topological polar surface area (TPSA) is 60.7 Å². The maximum atomic E-state index is 13.0. The largest absolute Gasteiger partial charge is 0.462 e. The first-order chi connectivity index (χ1) is 11.1. The van der Waals surface area contributed by atoms with Crippen LogP contribution in [0.5, 0.6) is 0 Å². The van der Waals surface area contributed by atoms with Crippen LogP contribution >= 0.6 is 22.7 Å². The lowest BCUT2D eigenvalue weighted by Gasteiger charge is -1.99. The standard InChI is InChI=1S/C16H12N2O3S2/c1-3-21-15(20)12-8(2)18-14(19)11-9-6-4-5-7-10(9)22-13(11)17-16(18)23-12/h4-7H,3H2,1-2H3. The molecule has 1 aromatic carbocycles. The summed E-state index contributed by atoms with van der Waals surface area (Å²) in [5.74, 6) is -0.409. The zero-order valence-electron chi connectivity index (χ0n) is 12.5. The van der Waals surface area contributed by atoms with Gasteiger partial charge in [-0.15, -0.1) is 11.3 Å².